The normalized spacial score (nSPS) is 11.7. The van der Waals surface area contributed by atoms with Crippen molar-refractivity contribution in [3.8, 4) is 11.3 Å². The Hall–Kier alpha value is -3.81. The molecular formula is C22H21N7O. The van der Waals surface area contributed by atoms with Crippen molar-refractivity contribution in [2.75, 3.05) is 0 Å². The fourth-order valence-corrected chi connectivity index (χ4v) is 3.57. The molecule has 0 saturated heterocycles. The summed E-state index contributed by atoms with van der Waals surface area (Å²) < 4.78 is 3.74. The molecule has 30 heavy (non-hydrogen) atoms. The van der Waals surface area contributed by atoms with Crippen molar-refractivity contribution >= 4 is 22.1 Å². The minimum Gasteiger partial charge on any atom is -0.322 e. The van der Waals surface area contributed by atoms with Crippen molar-refractivity contribution < 1.29 is 0 Å². The smallest absolute Gasteiger partial charge is 0.248 e. The molecule has 0 aliphatic heterocycles. The van der Waals surface area contributed by atoms with Gasteiger partial charge in [0.2, 0.25) is 5.56 Å². The zero-order valence-corrected chi connectivity index (χ0v) is 16.8. The maximum absolute atomic E-state index is 11.5. The highest BCUT2D eigenvalue weighted by molar-refractivity contribution is 5.79. The zero-order valence-electron chi connectivity index (χ0n) is 16.8. The van der Waals surface area contributed by atoms with Crippen LogP contribution in [0, 0.1) is 5.92 Å². The number of pyridine rings is 2. The Bertz CT molecular complexity index is 1410. The van der Waals surface area contributed by atoms with Crippen molar-refractivity contribution in [2.45, 2.75) is 26.9 Å². The maximum atomic E-state index is 11.5. The van der Waals surface area contributed by atoms with E-state index in [4.69, 9.17) is 4.98 Å². The number of hydrogen-bond donors (Lipinski definition) is 1. The first kappa shape index (κ1) is 18.2. The summed E-state index contributed by atoms with van der Waals surface area (Å²) >= 11 is 0. The highest BCUT2D eigenvalue weighted by Crippen LogP contribution is 2.21. The van der Waals surface area contributed by atoms with Crippen LogP contribution in [-0.2, 0) is 13.1 Å². The summed E-state index contributed by atoms with van der Waals surface area (Å²) in [4.78, 5) is 19.1. The Kier molecular flexibility index (Phi) is 4.39. The fourth-order valence-electron chi connectivity index (χ4n) is 3.57. The van der Waals surface area contributed by atoms with Crippen molar-refractivity contribution in [3.63, 3.8) is 0 Å². The van der Waals surface area contributed by atoms with Crippen molar-refractivity contribution in [1.82, 2.24) is 34.7 Å². The molecule has 0 atom stereocenters. The van der Waals surface area contributed by atoms with Gasteiger partial charge in [0, 0.05) is 29.9 Å². The molecule has 150 valence electrons. The Morgan fingerprint density at radius 1 is 1.10 bits per heavy atom. The molecule has 5 rings (SSSR count). The second-order valence-electron chi connectivity index (χ2n) is 7.88. The van der Waals surface area contributed by atoms with Gasteiger partial charge in [-0.15, -0.1) is 5.10 Å². The third kappa shape index (κ3) is 3.47. The van der Waals surface area contributed by atoms with E-state index in [1.54, 1.807) is 4.68 Å². The average molecular weight is 399 g/mol. The number of nitrogens with zero attached hydrogens (tertiary/aromatic N) is 6. The van der Waals surface area contributed by atoms with Crippen LogP contribution in [0.5, 0.6) is 0 Å². The summed E-state index contributed by atoms with van der Waals surface area (Å²) in [5.41, 5.74) is 5.05. The molecule has 0 saturated carbocycles. The number of H-pyrrole nitrogens is 1. The summed E-state index contributed by atoms with van der Waals surface area (Å²) in [5.74, 6) is 0.526. The minimum atomic E-state index is -0.106. The van der Waals surface area contributed by atoms with E-state index in [1.807, 2.05) is 53.5 Å². The third-order valence-corrected chi connectivity index (χ3v) is 4.96. The van der Waals surface area contributed by atoms with Gasteiger partial charge < -0.3 is 4.98 Å². The molecule has 0 amide bonds. The van der Waals surface area contributed by atoms with Gasteiger partial charge in [-0.3, -0.25) is 9.48 Å². The molecule has 1 N–H and O–H groups in total. The van der Waals surface area contributed by atoms with Crippen LogP contribution in [0.15, 0.2) is 59.7 Å². The van der Waals surface area contributed by atoms with Gasteiger partial charge in [-0.05, 0) is 47.2 Å². The second kappa shape index (κ2) is 7.22. The van der Waals surface area contributed by atoms with Gasteiger partial charge >= 0.3 is 0 Å². The first-order valence-electron chi connectivity index (χ1n) is 9.90. The quantitative estimate of drug-likeness (QED) is 0.490. The van der Waals surface area contributed by atoms with E-state index in [0.29, 0.717) is 12.5 Å². The number of nitrogens with one attached hydrogen (secondary N) is 1. The van der Waals surface area contributed by atoms with Crippen LogP contribution in [0.2, 0.25) is 0 Å². The van der Waals surface area contributed by atoms with Gasteiger partial charge in [0.15, 0.2) is 5.65 Å². The van der Waals surface area contributed by atoms with E-state index in [-0.39, 0.29) is 5.56 Å². The van der Waals surface area contributed by atoms with E-state index >= 15 is 0 Å². The van der Waals surface area contributed by atoms with Crippen LogP contribution in [0.1, 0.15) is 19.4 Å². The molecule has 5 aromatic rings. The molecule has 0 bridgehead atoms. The van der Waals surface area contributed by atoms with E-state index < -0.39 is 0 Å². The number of hydrogen-bond acceptors (Lipinski definition) is 5. The predicted molar refractivity (Wildman–Crippen MR) is 115 cm³/mol. The van der Waals surface area contributed by atoms with Gasteiger partial charge in [0.25, 0.3) is 0 Å². The molecule has 0 aliphatic rings. The zero-order chi connectivity index (χ0) is 20.7. The lowest BCUT2D eigenvalue weighted by Gasteiger charge is -2.05. The number of aromatic nitrogens is 7. The Labute approximate surface area is 172 Å². The van der Waals surface area contributed by atoms with Gasteiger partial charge in [-0.2, -0.15) is 5.10 Å². The molecule has 8 nitrogen and oxygen atoms in total. The van der Waals surface area contributed by atoms with Crippen LogP contribution in [0.3, 0.4) is 0 Å². The Morgan fingerprint density at radius 2 is 2.00 bits per heavy atom. The molecule has 0 spiro atoms. The van der Waals surface area contributed by atoms with Crippen LogP contribution >= 0.6 is 0 Å². The molecule has 1 aromatic carbocycles. The first-order valence-corrected chi connectivity index (χ1v) is 9.90. The molecule has 0 fully saturated rings. The van der Waals surface area contributed by atoms with E-state index in [1.165, 1.54) is 6.07 Å². The average Bonchev–Trinajstić information content (AvgIpc) is 3.34. The van der Waals surface area contributed by atoms with Gasteiger partial charge in [-0.1, -0.05) is 25.1 Å². The first-order chi connectivity index (χ1) is 14.5. The number of aromatic amines is 1. The van der Waals surface area contributed by atoms with E-state index in [0.717, 1.165) is 45.4 Å². The lowest BCUT2D eigenvalue weighted by Crippen LogP contribution is -2.05. The third-order valence-electron chi connectivity index (χ3n) is 4.96. The van der Waals surface area contributed by atoms with Crippen LogP contribution in [-0.4, -0.2) is 34.7 Å². The second-order valence-corrected chi connectivity index (χ2v) is 7.88. The standard InChI is InChI=1S/C22H21N7O/c1-14(2)11-28-13-17(10-23-28)19-6-7-20-22(25-19)29(27-26-20)12-15-3-5-18-16(9-15)4-8-21(30)24-18/h3-10,13-14H,11-12H2,1-2H3,(H,24,30). The molecule has 4 aromatic heterocycles. The summed E-state index contributed by atoms with van der Waals surface area (Å²) in [6, 6.07) is 13.2. The number of benzene rings is 1. The maximum Gasteiger partial charge on any atom is 0.248 e. The lowest BCUT2D eigenvalue weighted by molar-refractivity contribution is 0.483. The largest absolute Gasteiger partial charge is 0.322 e. The van der Waals surface area contributed by atoms with Crippen LogP contribution < -0.4 is 5.56 Å². The highest BCUT2D eigenvalue weighted by atomic mass is 16.1. The Balaban J connectivity index is 1.48. The van der Waals surface area contributed by atoms with Crippen LogP contribution in [0.25, 0.3) is 33.3 Å². The molecule has 4 heterocycles. The molecule has 8 heteroatoms. The predicted octanol–water partition coefficient (Wildman–Crippen LogP) is 3.24. The fraction of sp³-hybridized carbons (Fsp3) is 0.227. The van der Waals surface area contributed by atoms with Gasteiger partial charge in [0.1, 0.15) is 5.52 Å². The summed E-state index contributed by atoms with van der Waals surface area (Å²) in [7, 11) is 0. The summed E-state index contributed by atoms with van der Waals surface area (Å²) in [5, 5.41) is 14.0. The Morgan fingerprint density at radius 3 is 2.87 bits per heavy atom. The number of rotatable bonds is 5. The number of fused-ring (bicyclic) bond motifs is 2. The van der Waals surface area contributed by atoms with E-state index in [2.05, 4.69) is 34.2 Å². The molecule has 0 unspecified atom stereocenters. The lowest BCUT2D eigenvalue weighted by atomic mass is 10.1. The van der Waals surface area contributed by atoms with Gasteiger partial charge in [-0.25, -0.2) is 9.67 Å². The molecular weight excluding hydrogens is 378 g/mol. The SMILES string of the molecule is CC(C)Cn1cc(-c2ccc3nnn(Cc4ccc5[nH]c(=O)ccc5c4)c3n2)cn1. The van der Waals surface area contributed by atoms with E-state index in [9.17, 15) is 4.79 Å². The van der Waals surface area contributed by atoms with Crippen molar-refractivity contribution in [1.29, 1.82) is 0 Å². The van der Waals surface area contributed by atoms with Crippen molar-refractivity contribution in [3.05, 3.63) is 70.8 Å². The summed E-state index contributed by atoms with van der Waals surface area (Å²) in [6.45, 7) is 5.74. The van der Waals surface area contributed by atoms with Gasteiger partial charge in [0.05, 0.1) is 18.4 Å². The molecule has 0 aliphatic carbocycles. The van der Waals surface area contributed by atoms with Crippen LogP contribution in [0.4, 0.5) is 0 Å². The molecule has 0 radical (unpaired) electrons. The highest BCUT2D eigenvalue weighted by Gasteiger charge is 2.11. The monoisotopic (exact) mass is 399 g/mol. The minimum absolute atomic E-state index is 0.106. The topological polar surface area (TPSA) is 94.3 Å². The van der Waals surface area contributed by atoms with Crippen molar-refractivity contribution in [2.24, 2.45) is 5.92 Å². The summed E-state index contributed by atoms with van der Waals surface area (Å²) in [6.07, 6.45) is 3.86.